The van der Waals surface area contributed by atoms with Crippen molar-refractivity contribution in [3.63, 3.8) is 0 Å². The molecule has 0 saturated carbocycles. The van der Waals surface area contributed by atoms with Gasteiger partial charge in [-0.1, -0.05) is 29.8 Å². The maximum Gasteiger partial charge on any atom is 0.433 e. The summed E-state index contributed by atoms with van der Waals surface area (Å²) in [6, 6.07) is 16.2. The fourth-order valence-electron chi connectivity index (χ4n) is 4.02. The Hall–Kier alpha value is -3.66. The van der Waals surface area contributed by atoms with Crippen LogP contribution in [0.1, 0.15) is 5.69 Å². The van der Waals surface area contributed by atoms with E-state index < -0.39 is 11.9 Å². The highest BCUT2D eigenvalue weighted by atomic mass is 35.5. The van der Waals surface area contributed by atoms with Crippen LogP contribution in [0.25, 0.3) is 10.9 Å². The largest absolute Gasteiger partial charge is 0.433 e. The molecule has 2 aromatic carbocycles. The van der Waals surface area contributed by atoms with Gasteiger partial charge in [0, 0.05) is 55.5 Å². The molecule has 4 aromatic rings. The lowest BCUT2D eigenvalue weighted by Gasteiger charge is -2.35. The van der Waals surface area contributed by atoms with Gasteiger partial charge < -0.3 is 14.7 Å². The Kier molecular flexibility index (Phi) is 6.06. The molecule has 11 heteroatoms. The molecule has 0 N–H and O–H groups in total. The number of para-hydroxylation sites is 1. The van der Waals surface area contributed by atoms with Crippen molar-refractivity contribution >= 4 is 45.9 Å². The third-order valence-corrected chi connectivity index (χ3v) is 6.10. The van der Waals surface area contributed by atoms with Crippen LogP contribution in [-0.4, -0.2) is 53.2 Å². The van der Waals surface area contributed by atoms with Crippen molar-refractivity contribution in [1.29, 1.82) is 0 Å². The summed E-state index contributed by atoms with van der Waals surface area (Å²) in [6.45, 7) is 1.91. The molecular formula is C24H21ClF3N7. The number of hydrogen-bond acceptors (Lipinski definition) is 7. The molecule has 0 spiro atoms. The fraction of sp³-hybridized carbons (Fsp3) is 0.250. The number of hydrogen-bond donors (Lipinski definition) is 0. The number of alkyl halides is 3. The van der Waals surface area contributed by atoms with Crippen LogP contribution in [0.3, 0.4) is 0 Å². The average molecular weight is 500 g/mol. The molecule has 5 rings (SSSR count). The molecule has 1 fully saturated rings. The molecule has 1 saturated heterocycles. The highest BCUT2D eigenvalue weighted by molar-refractivity contribution is 6.30. The number of halogens is 4. The Morgan fingerprint density at radius 3 is 2.29 bits per heavy atom. The molecular weight excluding hydrogens is 479 g/mol. The SMILES string of the molecule is CN(c1cccc(Cl)c1)c1nc(N2CCN(c3nccc(C(F)(F)F)n3)CC2)nc2ccccc12. The van der Waals surface area contributed by atoms with Gasteiger partial charge in [0.1, 0.15) is 11.5 Å². The fourth-order valence-corrected chi connectivity index (χ4v) is 4.20. The monoisotopic (exact) mass is 499 g/mol. The smallest absolute Gasteiger partial charge is 0.337 e. The second-order valence-electron chi connectivity index (χ2n) is 8.12. The Morgan fingerprint density at radius 2 is 1.57 bits per heavy atom. The van der Waals surface area contributed by atoms with Crippen molar-refractivity contribution in [1.82, 2.24) is 19.9 Å². The Labute approximate surface area is 204 Å². The van der Waals surface area contributed by atoms with E-state index in [2.05, 4.69) is 9.97 Å². The van der Waals surface area contributed by atoms with Crippen molar-refractivity contribution in [2.24, 2.45) is 0 Å². The zero-order chi connectivity index (χ0) is 24.6. The summed E-state index contributed by atoms with van der Waals surface area (Å²) in [5.74, 6) is 1.36. The lowest BCUT2D eigenvalue weighted by molar-refractivity contribution is -0.141. The molecule has 0 radical (unpaired) electrons. The minimum atomic E-state index is -4.51. The van der Waals surface area contributed by atoms with Gasteiger partial charge in [-0.05, 0) is 36.4 Å². The van der Waals surface area contributed by atoms with E-state index in [4.69, 9.17) is 21.6 Å². The lowest BCUT2D eigenvalue weighted by atomic mass is 10.2. The zero-order valence-corrected chi connectivity index (χ0v) is 19.5. The Bertz CT molecular complexity index is 1360. The van der Waals surface area contributed by atoms with E-state index in [1.807, 2.05) is 65.4 Å². The van der Waals surface area contributed by atoms with E-state index in [0.29, 0.717) is 37.1 Å². The minimum absolute atomic E-state index is 0.0697. The molecule has 7 nitrogen and oxygen atoms in total. The van der Waals surface area contributed by atoms with Gasteiger partial charge >= 0.3 is 6.18 Å². The topological polar surface area (TPSA) is 61.3 Å². The van der Waals surface area contributed by atoms with Crippen LogP contribution in [0, 0.1) is 0 Å². The van der Waals surface area contributed by atoms with Crippen LogP contribution in [-0.2, 0) is 6.18 Å². The molecule has 180 valence electrons. The standard InChI is InChI=1S/C24H21ClF3N7/c1-33(17-6-4-5-16(25)15-17)21-18-7-2-3-8-19(18)30-23(32-21)35-13-11-34(12-14-35)22-29-10-9-20(31-22)24(26,27)28/h2-10,15H,11-14H2,1H3. The Morgan fingerprint density at radius 1 is 0.857 bits per heavy atom. The third kappa shape index (κ3) is 4.79. The number of benzene rings is 2. The second kappa shape index (κ2) is 9.18. The number of piperazine rings is 1. The van der Waals surface area contributed by atoms with Crippen LogP contribution < -0.4 is 14.7 Å². The number of nitrogens with zero attached hydrogens (tertiary/aromatic N) is 7. The quantitative estimate of drug-likeness (QED) is 0.383. The van der Waals surface area contributed by atoms with Crippen LogP contribution in [0.4, 0.5) is 36.6 Å². The molecule has 0 aliphatic carbocycles. The van der Waals surface area contributed by atoms with Gasteiger partial charge in [-0.2, -0.15) is 18.2 Å². The first-order valence-electron chi connectivity index (χ1n) is 11.0. The van der Waals surface area contributed by atoms with Gasteiger partial charge in [0.15, 0.2) is 0 Å². The van der Waals surface area contributed by atoms with Crippen molar-refractivity contribution in [3.05, 3.63) is 71.5 Å². The van der Waals surface area contributed by atoms with Crippen molar-refractivity contribution in [2.75, 3.05) is 47.9 Å². The highest BCUT2D eigenvalue weighted by Crippen LogP contribution is 2.32. The molecule has 0 bridgehead atoms. The maximum atomic E-state index is 13.0. The maximum absolute atomic E-state index is 13.0. The first kappa shape index (κ1) is 23.1. The molecule has 3 heterocycles. The second-order valence-corrected chi connectivity index (χ2v) is 8.55. The highest BCUT2D eigenvalue weighted by Gasteiger charge is 2.33. The summed E-state index contributed by atoms with van der Waals surface area (Å²) in [6.07, 6.45) is -3.37. The van der Waals surface area contributed by atoms with Crippen molar-refractivity contribution in [3.8, 4) is 0 Å². The summed E-state index contributed by atoms with van der Waals surface area (Å²) >= 11 is 6.20. The van der Waals surface area contributed by atoms with Crippen molar-refractivity contribution in [2.45, 2.75) is 6.18 Å². The van der Waals surface area contributed by atoms with Crippen LogP contribution in [0.15, 0.2) is 60.8 Å². The number of fused-ring (bicyclic) bond motifs is 1. The van der Waals surface area contributed by atoms with Gasteiger partial charge in [0.2, 0.25) is 11.9 Å². The first-order valence-corrected chi connectivity index (χ1v) is 11.3. The van der Waals surface area contributed by atoms with E-state index in [-0.39, 0.29) is 5.95 Å². The van der Waals surface area contributed by atoms with Gasteiger partial charge in [-0.3, -0.25) is 0 Å². The Balaban J connectivity index is 1.41. The summed E-state index contributed by atoms with van der Waals surface area (Å²) in [5.41, 5.74) is 0.736. The zero-order valence-electron chi connectivity index (χ0n) is 18.7. The van der Waals surface area contributed by atoms with Crippen LogP contribution in [0.2, 0.25) is 5.02 Å². The van der Waals surface area contributed by atoms with Gasteiger partial charge in [-0.25, -0.2) is 15.0 Å². The molecule has 1 aliphatic heterocycles. The summed E-state index contributed by atoms with van der Waals surface area (Å²) < 4.78 is 39.1. The van der Waals surface area contributed by atoms with Gasteiger partial charge in [0.05, 0.1) is 5.52 Å². The van der Waals surface area contributed by atoms with Gasteiger partial charge in [0.25, 0.3) is 0 Å². The van der Waals surface area contributed by atoms with E-state index in [9.17, 15) is 13.2 Å². The number of rotatable bonds is 4. The van der Waals surface area contributed by atoms with E-state index in [1.54, 1.807) is 4.90 Å². The average Bonchev–Trinajstić information content (AvgIpc) is 2.87. The minimum Gasteiger partial charge on any atom is -0.337 e. The van der Waals surface area contributed by atoms with Crippen molar-refractivity contribution < 1.29 is 13.2 Å². The molecule has 35 heavy (non-hydrogen) atoms. The van der Waals surface area contributed by atoms with Crippen LogP contribution >= 0.6 is 11.6 Å². The molecule has 0 amide bonds. The van der Waals surface area contributed by atoms with Gasteiger partial charge in [-0.15, -0.1) is 0 Å². The lowest BCUT2D eigenvalue weighted by Crippen LogP contribution is -2.47. The van der Waals surface area contributed by atoms with E-state index in [1.165, 1.54) is 0 Å². The van der Waals surface area contributed by atoms with E-state index >= 15 is 0 Å². The molecule has 0 atom stereocenters. The predicted octanol–water partition coefficient (Wildman–Crippen LogP) is 5.19. The summed E-state index contributed by atoms with van der Waals surface area (Å²) in [7, 11) is 1.92. The third-order valence-electron chi connectivity index (χ3n) is 5.86. The molecule has 1 aliphatic rings. The summed E-state index contributed by atoms with van der Waals surface area (Å²) in [5, 5.41) is 1.52. The van der Waals surface area contributed by atoms with Crippen LogP contribution in [0.5, 0.6) is 0 Å². The normalized spacial score (nSPS) is 14.4. The number of aromatic nitrogens is 4. The first-order chi connectivity index (χ1) is 16.8. The number of anilines is 4. The molecule has 0 unspecified atom stereocenters. The van der Waals surface area contributed by atoms with E-state index in [0.717, 1.165) is 34.7 Å². The summed E-state index contributed by atoms with van der Waals surface area (Å²) in [4.78, 5) is 23.1. The molecule has 2 aromatic heterocycles. The predicted molar refractivity (Wildman–Crippen MR) is 131 cm³/mol.